The monoisotopic (exact) mass is 268 g/mol. The van der Waals surface area contributed by atoms with E-state index in [0.717, 1.165) is 12.1 Å². The van der Waals surface area contributed by atoms with Crippen LogP contribution in [0.3, 0.4) is 0 Å². The molecule has 0 aliphatic carbocycles. The van der Waals surface area contributed by atoms with Gasteiger partial charge in [-0.2, -0.15) is 0 Å². The van der Waals surface area contributed by atoms with Gasteiger partial charge in [0.05, 0.1) is 5.02 Å². The maximum Gasteiger partial charge on any atom is 0.166 e. The van der Waals surface area contributed by atoms with Crippen molar-refractivity contribution in [2.75, 3.05) is 0 Å². The summed E-state index contributed by atoms with van der Waals surface area (Å²) in [5.41, 5.74) is 0.196. The van der Waals surface area contributed by atoms with Crippen molar-refractivity contribution in [2.24, 2.45) is 0 Å². The quantitative estimate of drug-likeness (QED) is 0.779. The van der Waals surface area contributed by atoms with Gasteiger partial charge < -0.3 is 4.74 Å². The van der Waals surface area contributed by atoms with Crippen LogP contribution in [0.25, 0.3) is 0 Å². The molecule has 0 bridgehead atoms. The lowest BCUT2D eigenvalue weighted by molar-refractivity contribution is 0.112. The van der Waals surface area contributed by atoms with Crippen LogP contribution >= 0.6 is 11.6 Å². The van der Waals surface area contributed by atoms with E-state index in [2.05, 4.69) is 0 Å². The molecular weight excluding hydrogens is 262 g/mol. The van der Waals surface area contributed by atoms with Crippen LogP contribution in [-0.4, -0.2) is 6.29 Å². The van der Waals surface area contributed by atoms with Crippen LogP contribution in [0.5, 0.6) is 11.5 Å². The summed E-state index contributed by atoms with van der Waals surface area (Å²) in [5, 5.41) is -0.0425. The van der Waals surface area contributed by atoms with E-state index >= 15 is 0 Å². The van der Waals surface area contributed by atoms with Gasteiger partial charge in [-0.15, -0.1) is 0 Å². The number of benzene rings is 2. The molecule has 0 saturated carbocycles. The average molecular weight is 269 g/mol. The van der Waals surface area contributed by atoms with Gasteiger partial charge in [0.2, 0.25) is 0 Å². The molecule has 2 aromatic carbocycles. The molecule has 2 nitrogen and oxygen atoms in total. The second-order valence-electron chi connectivity index (χ2n) is 3.49. The average Bonchev–Trinajstić information content (AvgIpc) is 2.36. The summed E-state index contributed by atoms with van der Waals surface area (Å²) < 4.78 is 31.8. The predicted molar refractivity (Wildman–Crippen MR) is 63.3 cm³/mol. The minimum atomic E-state index is -0.699. The first-order valence-corrected chi connectivity index (χ1v) is 5.35. The van der Waals surface area contributed by atoms with E-state index in [4.69, 9.17) is 16.3 Å². The number of rotatable bonds is 3. The molecule has 0 fully saturated rings. The Morgan fingerprint density at radius 2 is 1.83 bits per heavy atom. The van der Waals surface area contributed by atoms with Crippen molar-refractivity contribution < 1.29 is 18.3 Å². The fourth-order valence-corrected chi connectivity index (χ4v) is 1.46. The topological polar surface area (TPSA) is 26.3 Å². The smallest absolute Gasteiger partial charge is 0.166 e. The highest BCUT2D eigenvalue weighted by molar-refractivity contribution is 6.30. The molecule has 92 valence electrons. The van der Waals surface area contributed by atoms with E-state index in [1.807, 2.05) is 0 Å². The number of ether oxygens (including phenoxy) is 1. The molecule has 0 aliphatic heterocycles. The van der Waals surface area contributed by atoms with E-state index in [1.54, 1.807) is 0 Å². The fraction of sp³-hybridized carbons (Fsp3) is 0. The largest absolute Gasteiger partial charge is 0.454 e. The predicted octanol–water partition coefficient (Wildman–Crippen LogP) is 4.22. The second kappa shape index (κ2) is 5.14. The molecule has 0 unspecified atom stereocenters. The first-order chi connectivity index (χ1) is 8.60. The molecule has 5 heteroatoms. The summed E-state index contributed by atoms with van der Waals surface area (Å²) in [4.78, 5) is 10.4. The lowest BCUT2D eigenvalue weighted by Crippen LogP contribution is -1.91. The number of carbonyl (C=O) groups excluding carboxylic acids is 1. The summed E-state index contributed by atoms with van der Waals surface area (Å²) >= 11 is 5.51. The molecule has 2 rings (SSSR count). The third-order valence-electron chi connectivity index (χ3n) is 2.21. The molecule has 0 N–H and O–H groups in total. The minimum Gasteiger partial charge on any atom is -0.454 e. The first-order valence-electron chi connectivity index (χ1n) is 4.98. The highest BCUT2D eigenvalue weighted by atomic mass is 35.5. The zero-order chi connectivity index (χ0) is 13.1. The molecule has 0 aromatic heterocycles. The van der Waals surface area contributed by atoms with E-state index in [-0.39, 0.29) is 22.1 Å². The van der Waals surface area contributed by atoms with Gasteiger partial charge in [0.25, 0.3) is 0 Å². The van der Waals surface area contributed by atoms with E-state index in [0.29, 0.717) is 6.29 Å². The Bertz CT molecular complexity index is 600. The van der Waals surface area contributed by atoms with Gasteiger partial charge in [0, 0.05) is 11.6 Å². The van der Waals surface area contributed by atoms with Crippen LogP contribution in [0.15, 0.2) is 36.4 Å². The van der Waals surface area contributed by atoms with Crippen molar-refractivity contribution in [3.8, 4) is 11.5 Å². The van der Waals surface area contributed by atoms with Gasteiger partial charge in [-0.1, -0.05) is 11.6 Å². The van der Waals surface area contributed by atoms with Gasteiger partial charge in [-0.05, 0) is 30.3 Å². The SMILES string of the molecule is O=Cc1ccc(Oc2ccc(Cl)c(F)c2)c(F)c1. The number of aldehydes is 1. The highest BCUT2D eigenvalue weighted by Crippen LogP contribution is 2.27. The van der Waals surface area contributed by atoms with Crippen LogP contribution < -0.4 is 4.74 Å². The Hall–Kier alpha value is -1.94. The Morgan fingerprint density at radius 3 is 2.44 bits per heavy atom. The maximum absolute atomic E-state index is 13.5. The number of hydrogen-bond acceptors (Lipinski definition) is 2. The Balaban J connectivity index is 2.28. The van der Waals surface area contributed by atoms with Crippen LogP contribution in [0, 0.1) is 11.6 Å². The fourth-order valence-electron chi connectivity index (χ4n) is 1.34. The highest BCUT2D eigenvalue weighted by Gasteiger charge is 2.07. The van der Waals surface area contributed by atoms with Crippen LogP contribution in [0.1, 0.15) is 10.4 Å². The molecule has 0 spiro atoms. The van der Waals surface area contributed by atoms with Gasteiger partial charge in [-0.25, -0.2) is 8.78 Å². The molecule has 0 radical (unpaired) electrons. The minimum absolute atomic E-state index is 0.0425. The molecule has 0 saturated heterocycles. The molecular formula is C13H7ClF2O2. The molecule has 0 aliphatic rings. The number of halogens is 3. The Kier molecular flexibility index (Phi) is 3.58. The standard InChI is InChI=1S/C13H7ClF2O2/c14-10-3-2-9(6-11(10)15)18-13-4-1-8(7-17)5-12(13)16/h1-7H. The van der Waals surface area contributed by atoms with Gasteiger partial charge >= 0.3 is 0 Å². The first kappa shape index (κ1) is 12.5. The van der Waals surface area contributed by atoms with Gasteiger partial charge in [0.1, 0.15) is 17.9 Å². The summed E-state index contributed by atoms with van der Waals surface area (Å²) in [6.45, 7) is 0. The van der Waals surface area contributed by atoms with Crippen LogP contribution in [0.2, 0.25) is 5.02 Å². The normalized spacial score (nSPS) is 10.2. The second-order valence-corrected chi connectivity index (χ2v) is 3.89. The lowest BCUT2D eigenvalue weighted by Gasteiger charge is -2.07. The van der Waals surface area contributed by atoms with Crippen molar-refractivity contribution in [1.82, 2.24) is 0 Å². The zero-order valence-corrected chi connectivity index (χ0v) is 9.75. The third-order valence-corrected chi connectivity index (χ3v) is 2.52. The van der Waals surface area contributed by atoms with Gasteiger partial charge in [0.15, 0.2) is 11.6 Å². The van der Waals surface area contributed by atoms with Crippen LogP contribution in [-0.2, 0) is 0 Å². The van der Waals surface area contributed by atoms with Crippen molar-refractivity contribution in [2.45, 2.75) is 0 Å². The van der Waals surface area contributed by atoms with Crippen molar-refractivity contribution >= 4 is 17.9 Å². The third kappa shape index (κ3) is 2.65. The van der Waals surface area contributed by atoms with Gasteiger partial charge in [-0.3, -0.25) is 4.79 Å². The lowest BCUT2D eigenvalue weighted by atomic mass is 10.2. The van der Waals surface area contributed by atoms with Crippen LogP contribution in [0.4, 0.5) is 8.78 Å². The van der Waals surface area contributed by atoms with Crippen molar-refractivity contribution in [1.29, 1.82) is 0 Å². The summed E-state index contributed by atoms with van der Waals surface area (Å²) in [6.07, 6.45) is 0.523. The number of carbonyl (C=O) groups is 1. The zero-order valence-electron chi connectivity index (χ0n) is 8.99. The van der Waals surface area contributed by atoms with Crippen molar-refractivity contribution in [3.63, 3.8) is 0 Å². The molecule has 0 heterocycles. The summed E-state index contributed by atoms with van der Waals surface area (Å²) in [5.74, 6) is -1.33. The van der Waals surface area contributed by atoms with E-state index in [9.17, 15) is 13.6 Å². The van der Waals surface area contributed by atoms with E-state index in [1.165, 1.54) is 24.3 Å². The van der Waals surface area contributed by atoms with Crippen molar-refractivity contribution in [3.05, 3.63) is 58.6 Å². The molecule has 0 amide bonds. The molecule has 18 heavy (non-hydrogen) atoms. The summed E-state index contributed by atoms with van der Waals surface area (Å²) in [7, 11) is 0. The Morgan fingerprint density at radius 1 is 1.06 bits per heavy atom. The van der Waals surface area contributed by atoms with E-state index < -0.39 is 11.6 Å². The number of hydrogen-bond donors (Lipinski definition) is 0. The summed E-state index contributed by atoms with van der Waals surface area (Å²) in [6, 6.07) is 7.51. The molecule has 2 aromatic rings. The Labute approximate surface area is 107 Å². The maximum atomic E-state index is 13.5. The molecule has 0 atom stereocenters.